The van der Waals surface area contributed by atoms with E-state index in [1.165, 1.54) is 11.1 Å². The maximum absolute atomic E-state index is 5.46. The van der Waals surface area contributed by atoms with Gasteiger partial charge in [-0.25, -0.2) is 0 Å². The van der Waals surface area contributed by atoms with Crippen molar-refractivity contribution in [3.05, 3.63) is 29.3 Å². The van der Waals surface area contributed by atoms with E-state index in [-0.39, 0.29) is 11.0 Å². The average molecular weight is 277 g/mol. The minimum Gasteiger partial charge on any atom is -0.496 e. The van der Waals surface area contributed by atoms with E-state index in [0.717, 1.165) is 25.1 Å². The van der Waals surface area contributed by atoms with E-state index in [4.69, 9.17) is 4.74 Å². The zero-order valence-corrected chi connectivity index (χ0v) is 14.3. The van der Waals surface area contributed by atoms with Crippen LogP contribution in [0.1, 0.15) is 52.2 Å². The Morgan fingerprint density at radius 1 is 1.10 bits per heavy atom. The lowest BCUT2D eigenvalue weighted by Crippen LogP contribution is -2.42. The first-order valence-electron chi connectivity index (χ1n) is 7.51. The molecule has 0 unspecified atom stereocenters. The summed E-state index contributed by atoms with van der Waals surface area (Å²) in [4.78, 5) is 0. The van der Waals surface area contributed by atoms with Gasteiger partial charge in [-0.1, -0.05) is 31.5 Å². The summed E-state index contributed by atoms with van der Waals surface area (Å²) < 4.78 is 5.46. The van der Waals surface area contributed by atoms with Gasteiger partial charge in [0.15, 0.2) is 0 Å². The van der Waals surface area contributed by atoms with Gasteiger partial charge < -0.3 is 10.1 Å². The van der Waals surface area contributed by atoms with E-state index in [1.807, 2.05) is 0 Å². The van der Waals surface area contributed by atoms with Gasteiger partial charge >= 0.3 is 0 Å². The molecule has 0 saturated carbocycles. The van der Waals surface area contributed by atoms with E-state index >= 15 is 0 Å². The molecule has 0 atom stereocenters. The van der Waals surface area contributed by atoms with E-state index in [9.17, 15) is 0 Å². The van der Waals surface area contributed by atoms with Gasteiger partial charge in [0.2, 0.25) is 0 Å². The molecule has 0 saturated heterocycles. The van der Waals surface area contributed by atoms with Crippen molar-refractivity contribution in [3.63, 3.8) is 0 Å². The van der Waals surface area contributed by atoms with Crippen LogP contribution in [0.15, 0.2) is 18.2 Å². The number of methoxy groups -OCH3 is 1. The highest BCUT2D eigenvalue weighted by Crippen LogP contribution is 2.27. The average Bonchev–Trinajstić information content (AvgIpc) is 2.34. The maximum atomic E-state index is 5.46. The van der Waals surface area contributed by atoms with Crippen LogP contribution in [0.5, 0.6) is 5.75 Å². The highest BCUT2D eigenvalue weighted by molar-refractivity contribution is 5.37. The lowest BCUT2D eigenvalue weighted by Gasteiger charge is -2.30. The molecule has 0 amide bonds. The normalized spacial score (nSPS) is 12.6. The van der Waals surface area contributed by atoms with Crippen molar-refractivity contribution in [2.45, 2.75) is 59.9 Å². The predicted molar refractivity (Wildman–Crippen MR) is 87.6 cm³/mol. The molecule has 1 aromatic rings. The van der Waals surface area contributed by atoms with Crippen LogP contribution in [0, 0.1) is 12.3 Å². The van der Waals surface area contributed by atoms with E-state index in [2.05, 4.69) is 65.1 Å². The molecule has 2 heteroatoms. The SMILES string of the molecule is COc1ccc(C)cc1CCC(C)(C)CNC(C)(C)C. The van der Waals surface area contributed by atoms with Gasteiger partial charge in [-0.15, -0.1) is 0 Å². The third-order valence-electron chi connectivity index (χ3n) is 3.60. The van der Waals surface area contributed by atoms with Crippen molar-refractivity contribution in [1.82, 2.24) is 5.32 Å². The van der Waals surface area contributed by atoms with Gasteiger partial charge in [0.25, 0.3) is 0 Å². The fourth-order valence-electron chi connectivity index (χ4n) is 2.17. The Balaban J connectivity index is 2.63. The molecule has 0 aliphatic rings. The Labute approximate surface area is 124 Å². The van der Waals surface area contributed by atoms with Crippen LogP contribution in [0.4, 0.5) is 0 Å². The molecule has 0 aliphatic carbocycles. The van der Waals surface area contributed by atoms with E-state index in [0.29, 0.717) is 0 Å². The van der Waals surface area contributed by atoms with Crippen molar-refractivity contribution >= 4 is 0 Å². The predicted octanol–water partition coefficient (Wildman–Crippen LogP) is 4.35. The van der Waals surface area contributed by atoms with Crippen LogP contribution in [-0.2, 0) is 6.42 Å². The molecule has 114 valence electrons. The summed E-state index contributed by atoms with van der Waals surface area (Å²) in [5.41, 5.74) is 3.07. The van der Waals surface area contributed by atoms with Crippen molar-refractivity contribution in [3.8, 4) is 5.75 Å². The van der Waals surface area contributed by atoms with Gasteiger partial charge in [-0.05, 0) is 57.6 Å². The number of ether oxygens (including phenoxy) is 1. The van der Waals surface area contributed by atoms with Crippen LogP contribution in [-0.4, -0.2) is 19.2 Å². The summed E-state index contributed by atoms with van der Waals surface area (Å²) in [6, 6.07) is 6.42. The quantitative estimate of drug-likeness (QED) is 0.834. The largest absolute Gasteiger partial charge is 0.496 e. The molecule has 0 aliphatic heterocycles. The zero-order valence-electron chi connectivity index (χ0n) is 14.3. The second kappa shape index (κ2) is 6.62. The Hall–Kier alpha value is -1.02. The maximum Gasteiger partial charge on any atom is 0.122 e. The Kier molecular flexibility index (Phi) is 5.64. The molecule has 1 rings (SSSR count). The van der Waals surface area contributed by atoms with Crippen molar-refractivity contribution < 1.29 is 4.74 Å². The molecule has 1 aromatic carbocycles. The summed E-state index contributed by atoms with van der Waals surface area (Å²) >= 11 is 0. The standard InChI is InChI=1S/C18H31NO/c1-14-8-9-16(20-7)15(12-14)10-11-18(5,6)13-19-17(2,3)4/h8-9,12,19H,10-11,13H2,1-7H3. The molecule has 0 heterocycles. The molecule has 2 nitrogen and oxygen atoms in total. The highest BCUT2D eigenvalue weighted by Gasteiger charge is 2.21. The smallest absolute Gasteiger partial charge is 0.122 e. The fraction of sp³-hybridized carbons (Fsp3) is 0.667. The first kappa shape index (κ1) is 17.0. The molecule has 0 aromatic heterocycles. The molecule has 0 spiro atoms. The second-order valence-corrected chi connectivity index (χ2v) is 7.58. The van der Waals surface area contributed by atoms with Gasteiger partial charge in [0.1, 0.15) is 5.75 Å². The molecule has 0 radical (unpaired) electrons. The summed E-state index contributed by atoms with van der Waals surface area (Å²) in [7, 11) is 1.75. The Morgan fingerprint density at radius 3 is 2.30 bits per heavy atom. The van der Waals surface area contributed by atoms with E-state index in [1.54, 1.807) is 7.11 Å². The number of benzene rings is 1. The number of hydrogen-bond donors (Lipinski definition) is 1. The van der Waals surface area contributed by atoms with Crippen LogP contribution in [0.2, 0.25) is 0 Å². The first-order valence-corrected chi connectivity index (χ1v) is 7.51. The molecular formula is C18H31NO. The van der Waals surface area contributed by atoms with Crippen molar-refractivity contribution in [2.75, 3.05) is 13.7 Å². The van der Waals surface area contributed by atoms with Gasteiger partial charge in [-0.3, -0.25) is 0 Å². The summed E-state index contributed by atoms with van der Waals surface area (Å²) in [5, 5.41) is 3.61. The number of aryl methyl sites for hydroxylation is 2. The van der Waals surface area contributed by atoms with Crippen LogP contribution < -0.4 is 10.1 Å². The Bertz CT molecular complexity index is 430. The van der Waals surface area contributed by atoms with E-state index < -0.39 is 0 Å². The highest BCUT2D eigenvalue weighted by atomic mass is 16.5. The molecule has 1 N–H and O–H groups in total. The molecule has 20 heavy (non-hydrogen) atoms. The minimum absolute atomic E-state index is 0.179. The third-order valence-corrected chi connectivity index (χ3v) is 3.60. The Morgan fingerprint density at radius 2 is 1.75 bits per heavy atom. The van der Waals surface area contributed by atoms with Crippen molar-refractivity contribution in [1.29, 1.82) is 0 Å². The lowest BCUT2D eigenvalue weighted by atomic mass is 9.85. The fourth-order valence-corrected chi connectivity index (χ4v) is 2.17. The van der Waals surface area contributed by atoms with Crippen LogP contribution in [0.25, 0.3) is 0 Å². The molecule has 0 fully saturated rings. The monoisotopic (exact) mass is 277 g/mol. The number of rotatable bonds is 6. The molecule has 0 bridgehead atoms. The molecular weight excluding hydrogens is 246 g/mol. The van der Waals surface area contributed by atoms with Crippen LogP contribution >= 0.6 is 0 Å². The minimum atomic E-state index is 0.179. The summed E-state index contributed by atoms with van der Waals surface area (Å²) in [5.74, 6) is 1.01. The second-order valence-electron chi connectivity index (χ2n) is 7.58. The number of hydrogen-bond acceptors (Lipinski definition) is 2. The number of nitrogens with one attached hydrogen (secondary N) is 1. The van der Waals surface area contributed by atoms with Crippen LogP contribution in [0.3, 0.4) is 0 Å². The van der Waals surface area contributed by atoms with Crippen molar-refractivity contribution in [2.24, 2.45) is 5.41 Å². The van der Waals surface area contributed by atoms with Gasteiger partial charge in [0, 0.05) is 12.1 Å². The topological polar surface area (TPSA) is 21.3 Å². The third kappa shape index (κ3) is 5.96. The summed E-state index contributed by atoms with van der Waals surface area (Å²) in [6.07, 6.45) is 2.21. The lowest BCUT2D eigenvalue weighted by molar-refractivity contribution is 0.272. The summed E-state index contributed by atoms with van der Waals surface area (Å²) in [6.45, 7) is 14.5. The van der Waals surface area contributed by atoms with Gasteiger partial charge in [0.05, 0.1) is 7.11 Å². The zero-order chi connectivity index (χ0) is 15.4. The first-order chi connectivity index (χ1) is 9.13. The van der Waals surface area contributed by atoms with Gasteiger partial charge in [-0.2, -0.15) is 0 Å².